The number of methoxy groups -OCH3 is 3. The van der Waals surface area contributed by atoms with E-state index in [4.69, 9.17) is 24.5 Å². The van der Waals surface area contributed by atoms with Crippen molar-refractivity contribution in [3.63, 3.8) is 0 Å². The van der Waals surface area contributed by atoms with Crippen molar-refractivity contribution >= 4 is 17.5 Å². The lowest BCUT2D eigenvalue weighted by atomic mass is 9.99. The Labute approximate surface area is 202 Å². The molecule has 0 fully saturated rings. The summed E-state index contributed by atoms with van der Waals surface area (Å²) in [5.41, 5.74) is 12.9. The van der Waals surface area contributed by atoms with Crippen LogP contribution in [-0.4, -0.2) is 44.3 Å². The zero-order valence-corrected chi connectivity index (χ0v) is 20.1. The van der Waals surface area contributed by atoms with Crippen molar-refractivity contribution in [1.29, 1.82) is 0 Å². The molecule has 10 nitrogen and oxygen atoms in total. The second-order valence-corrected chi connectivity index (χ2v) is 7.38. The monoisotopic (exact) mass is 490 g/mol. The van der Waals surface area contributed by atoms with Crippen LogP contribution >= 0.6 is 0 Å². The number of carbonyl (C=O) groups excluding carboxylic acids is 2. The van der Waals surface area contributed by atoms with E-state index < -0.39 is 17.9 Å². The van der Waals surface area contributed by atoms with E-state index in [1.807, 2.05) is 25.1 Å². The summed E-state index contributed by atoms with van der Waals surface area (Å²) >= 11 is 0. The second-order valence-electron chi connectivity index (χ2n) is 7.38. The number of halogens is 1. The van der Waals surface area contributed by atoms with Crippen molar-refractivity contribution in [3.8, 4) is 39.6 Å². The molecule has 2 aromatic carbocycles. The Balaban J connectivity index is 0.00000408. The molecule has 3 aromatic rings. The predicted molar refractivity (Wildman–Crippen MR) is 121 cm³/mol. The van der Waals surface area contributed by atoms with Gasteiger partial charge in [-0.25, -0.2) is 0 Å². The largest absolute Gasteiger partial charge is 1.00 e. The maximum Gasteiger partial charge on any atom is 0.283 e. The molecule has 1 atom stereocenters. The summed E-state index contributed by atoms with van der Waals surface area (Å²) in [7, 11) is 4.64. The number of nitrogens with one attached hydrogen (secondary N) is 1. The first kappa shape index (κ1) is 26.5. The molecular formula is C23H27ClN4O6. The molecule has 0 bridgehead atoms. The Morgan fingerprint density at radius 3 is 2.41 bits per heavy atom. The highest BCUT2D eigenvalue weighted by Gasteiger charge is 2.22. The van der Waals surface area contributed by atoms with Gasteiger partial charge in [0.15, 0.2) is 17.5 Å². The van der Waals surface area contributed by atoms with E-state index in [0.29, 0.717) is 34.2 Å². The summed E-state index contributed by atoms with van der Waals surface area (Å²) in [5.74, 6) is 0.591. The zero-order chi connectivity index (χ0) is 24.1. The van der Waals surface area contributed by atoms with E-state index in [-0.39, 0.29) is 18.8 Å². The molecule has 1 unspecified atom stereocenters. The van der Waals surface area contributed by atoms with Crippen LogP contribution in [0.1, 0.15) is 12.0 Å². The van der Waals surface area contributed by atoms with E-state index in [2.05, 4.69) is 16.2 Å². The Bertz CT molecular complexity index is 1180. The molecule has 0 aliphatic heterocycles. The van der Waals surface area contributed by atoms with Gasteiger partial charge < -0.3 is 47.9 Å². The van der Waals surface area contributed by atoms with E-state index in [1.165, 1.54) is 13.4 Å². The third kappa shape index (κ3) is 5.59. The maximum atomic E-state index is 12.5. The Hall–Kier alpha value is -3.76. The van der Waals surface area contributed by atoms with Gasteiger partial charge in [-0.15, -0.1) is 0 Å². The number of hydrogen-bond donors (Lipinski definition) is 3. The number of amides is 2. The molecule has 1 aromatic heterocycles. The molecule has 0 saturated carbocycles. The average Bonchev–Trinajstić information content (AvgIpc) is 3.28. The normalized spacial score (nSPS) is 11.2. The molecule has 0 radical (unpaired) electrons. The molecule has 0 aliphatic carbocycles. The number of rotatable bonds is 9. The molecule has 0 saturated heterocycles. The molecule has 6 N–H and O–H groups in total. The highest BCUT2D eigenvalue weighted by Crippen LogP contribution is 2.40. The van der Waals surface area contributed by atoms with Gasteiger partial charge in [-0.1, -0.05) is 11.2 Å². The average molecular weight is 491 g/mol. The van der Waals surface area contributed by atoms with E-state index in [0.717, 1.165) is 16.7 Å². The number of ether oxygens (including phenoxy) is 3. The zero-order valence-electron chi connectivity index (χ0n) is 19.3. The lowest BCUT2D eigenvalue weighted by Crippen LogP contribution is -3.00. The fourth-order valence-electron chi connectivity index (χ4n) is 3.48. The summed E-state index contributed by atoms with van der Waals surface area (Å²) in [6.07, 6.45) is 1.36. The number of carbonyl (C=O) groups is 2. The number of hydrogen-bond acceptors (Lipinski definition) is 7. The number of nitrogens with two attached hydrogens (primary N) is 1. The predicted octanol–water partition coefficient (Wildman–Crippen LogP) is -1.23. The van der Waals surface area contributed by atoms with E-state index in [9.17, 15) is 9.59 Å². The number of benzene rings is 2. The van der Waals surface area contributed by atoms with E-state index >= 15 is 0 Å². The van der Waals surface area contributed by atoms with Gasteiger partial charge in [-0.2, -0.15) is 0 Å². The number of quaternary nitrogens is 1. The van der Waals surface area contributed by atoms with E-state index in [1.54, 1.807) is 26.4 Å². The number of aromatic nitrogens is 1. The first-order valence-electron chi connectivity index (χ1n) is 10.1. The van der Waals surface area contributed by atoms with Gasteiger partial charge in [-0.3, -0.25) is 9.59 Å². The van der Waals surface area contributed by atoms with Gasteiger partial charge in [0.1, 0.15) is 17.7 Å². The molecular weight excluding hydrogens is 464 g/mol. The van der Waals surface area contributed by atoms with Gasteiger partial charge in [0.25, 0.3) is 5.91 Å². The van der Waals surface area contributed by atoms with Crippen LogP contribution < -0.4 is 43.4 Å². The van der Waals surface area contributed by atoms with Crippen LogP contribution in [0.2, 0.25) is 0 Å². The molecule has 0 aliphatic rings. The molecule has 11 heteroatoms. The summed E-state index contributed by atoms with van der Waals surface area (Å²) < 4.78 is 21.5. The van der Waals surface area contributed by atoms with Crippen LogP contribution in [0.25, 0.3) is 22.4 Å². The summed E-state index contributed by atoms with van der Waals surface area (Å²) in [5, 5.41) is 6.93. The molecule has 2 amide bonds. The number of nitrogens with zero attached hydrogens (tertiary/aromatic N) is 1. The molecule has 1 heterocycles. The van der Waals surface area contributed by atoms with Crippen LogP contribution in [0.15, 0.2) is 41.1 Å². The van der Waals surface area contributed by atoms with Gasteiger partial charge in [0.05, 0.1) is 33.4 Å². The second kappa shape index (κ2) is 11.4. The molecule has 34 heavy (non-hydrogen) atoms. The first-order valence-corrected chi connectivity index (χ1v) is 10.1. The molecule has 3 rings (SSSR count). The number of primary amides is 1. The fourth-order valence-corrected chi connectivity index (χ4v) is 3.48. The van der Waals surface area contributed by atoms with Crippen molar-refractivity contribution in [2.75, 3.05) is 26.6 Å². The minimum absolute atomic E-state index is 0. The van der Waals surface area contributed by atoms with Gasteiger partial charge in [-0.05, 0) is 42.3 Å². The van der Waals surface area contributed by atoms with Crippen LogP contribution in [0.4, 0.5) is 5.69 Å². The number of anilines is 1. The van der Waals surface area contributed by atoms with Gasteiger partial charge >= 0.3 is 0 Å². The quantitative estimate of drug-likeness (QED) is 0.339. The van der Waals surface area contributed by atoms with Gasteiger partial charge in [0.2, 0.25) is 5.91 Å². The summed E-state index contributed by atoms with van der Waals surface area (Å²) in [6, 6.07) is 8.17. The number of aryl methyl sites for hydroxylation is 1. The highest BCUT2D eigenvalue weighted by molar-refractivity contribution is 5.98. The Kier molecular flexibility index (Phi) is 8.88. The summed E-state index contributed by atoms with van der Waals surface area (Å²) in [4.78, 5) is 23.6. The Morgan fingerprint density at radius 1 is 1.09 bits per heavy atom. The van der Waals surface area contributed by atoms with Crippen molar-refractivity contribution in [1.82, 2.24) is 5.16 Å². The van der Waals surface area contributed by atoms with Crippen LogP contribution in [0, 0.1) is 6.92 Å². The minimum Gasteiger partial charge on any atom is -1.00 e. The SMILES string of the molecule is COc1ccc(-c2conc2-c2cc(C)c(OC)c(OC)c2)cc1NC(=O)C([NH3+])CC(N)=O.[Cl-]. The van der Waals surface area contributed by atoms with Crippen molar-refractivity contribution < 1.29 is 46.5 Å². The van der Waals surface area contributed by atoms with Gasteiger partial charge in [0, 0.05) is 11.1 Å². The lowest BCUT2D eigenvalue weighted by Gasteiger charge is -2.14. The minimum atomic E-state index is -0.836. The highest BCUT2D eigenvalue weighted by atomic mass is 35.5. The third-order valence-electron chi connectivity index (χ3n) is 5.09. The van der Waals surface area contributed by atoms with Crippen LogP contribution in [-0.2, 0) is 9.59 Å². The third-order valence-corrected chi connectivity index (χ3v) is 5.09. The summed E-state index contributed by atoms with van der Waals surface area (Å²) in [6.45, 7) is 1.91. The lowest BCUT2D eigenvalue weighted by molar-refractivity contribution is -0.401. The smallest absolute Gasteiger partial charge is 0.283 e. The van der Waals surface area contributed by atoms with Crippen molar-refractivity contribution in [2.24, 2.45) is 5.73 Å². The first-order chi connectivity index (χ1) is 15.8. The van der Waals surface area contributed by atoms with Crippen molar-refractivity contribution in [2.45, 2.75) is 19.4 Å². The Morgan fingerprint density at radius 2 is 1.79 bits per heavy atom. The topological polar surface area (TPSA) is 154 Å². The maximum absolute atomic E-state index is 12.5. The van der Waals surface area contributed by atoms with Crippen LogP contribution in [0.3, 0.4) is 0 Å². The fraction of sp³-hybridized carbons (Fsp3) is 0.261. The molecule has 182 valence electrons. The molecule has 0 spiro atoms. The standard InChI is InChI=1S/C23H26N4O6.ClH/c1-12-7-14(9-19(31-3)22(12)32-4)21-15(11-33-27-21)13-5-6-18(30-2)17(8-13)26-23(29)16(24)10-20(25)28;/h5-9,11,16H,10,24H2,1-4H3,(H2,25,28)(H,26,29);1H. The van der Waals surface area contributed by atoms with Crippen molar-refractivity contribution in [3.05, 3.63) is 42.2 Å². The van der Waals surface area contributed by atoms with Crippen LogP contribution in [0.5, 0.6) is 17.2 Å².